The Bertz CT molecular complexity index is 222. The van der Waals surface area contributed by atoms with E-state index in [0.717, 1.165) is 0 Å². The van der Waals surface area contributed by atoms with E-state index < -0.39 is 12.0 Å². The minimum absolute atomic E-state index is 0.165. The van der Waals surface area contributed by atoms with Crippen LogP contribution in [-0.2, 0) is 9.59 Å². The molecule has 4 nitrogen and oxygen atoms in total. The molecule has 0 spiro atoms. The first-order valence-corrected chi connectivity index (χ1v) is 3.95. The molecule has 2 N–H and O–H groups in total. The number of hydrogen-bond donors (Lipinski definition) is 2. The predicted octanol–water partition coefficient (Wildman–Crippen LogP) is 0.376. The molecule has 0 aromatic carbocycles. The molecule has 1 fully saturated rings. The zero-order valence-corrected chi connectivity index (χ0v) is 7.26. The van der Waals surface area contributed by atoms with Crippen molar-refractivity contribution in [2.45, 2.75) is 32.7 Å². The Morgan fingerprint density at radius 3 is 2.67 bits per heavy atom. The summed E-state index contributed by atoms with van der Waals surface area (Å²) in [5.74, 6) is -1.12. The molecule has 0 radical (unpaired) electrons. The summed E-state index contributed by atoms with van der Waals surface area (Å²) in [5.41, 5.74) is -0.334. The average molecular weight is 171 g/mol. The minimum atomic E-state index is -0.951. The molecule has 4 heteroatoms. The summed E-state index contributed by atoms with van der Waals surface area (Å²) >= 11 is 0. The van der Waals surface area contributed by atoms with E-state index in [1.165, 1.54) is 0 Å². The third-order valence-corrected chi connectivity index (χ3v) is 2.33. The van der Waals surface area contributed by atoms with E-state index in [9.17, 15) is 9.59 Å². The lowest BCUT2D eigenvalue weighted by Gasteiger charge is -2.35. The summed E-state index contributed by atoms with van der Waals surface area (Å²) in [5, 5.41) is 11.2. The summed E-state index contributed by atoms with van der Waals surface area (Å²) in [7, 11) is 0. The van der Waals surface area contributed by atoms with Crippen LogP contribution in [0, 0.1) is 5.41 Å². The lowest BCUT2D eigenvalue weighted by Crippen LogP contribution is -2.54. The minimum Gasteiger partial charge on any atom is -0.480 e. The first kappa shape index (κ1) is 9.03. The van der Waals surface area contributed by atoms with Gasteiger partial charge in [-0.1, -0.05) is 13.8 Å². The molecule has 0 aromatic heterocycles. The lowest BCUT2D eigenvalue weighted by atomic mass is 9.77. The highest BCUT2D eigenvalue weighted by atomic mass is 16.4. The van der Waals surface area contributed by atoms with E-state index in [0.29, 0.717) is 12.8 Å². The van der Waals surface area contributed by atoms with Crippen LogP contribution < -0.4 is 5.32 Å². The summed E-state index contributed by atoms with van der Waals surface area (Å²) in [4.78, 5) is 21.6. The molecule has 1 saturated heterocycles. The van der Waals surface area contributed by atoms with Gasteiger partial charge in [-0.2, -0.15) is 0 Å². The maximum atomic E-state index is 10.9. The Balaban J connectivity index is 2.78. The van der Waals surface area contributed by atoms with E-state index in [4.69, 9.17) is 5.11 Å². The molecule has 1 heterocycles. The van der Waals surface area contributed by atoms with Crippen molar-refractivity contribution in [1.82, 2.24) is 5.32 Å². The fraction of sp³-hybridized carbons (Fsp3) is 0.750. The van der Waals surface area contributed by atoms with Crippen LogP contribution in [0.1, 0.15) is 26.7 Å². The van der Waals surface area contributed by atoms with Crippen molar-refractivity contribution in [3.63, 3.8) is 0 Å². The van der Waals surface area contributed by atoms with Gasteiger partial charge in [0.05, 0.1) is 0 Å². The van der Waals surface area contributed by atoms with Crippen LogP contribution in [0.2, 0.25) is 0 Å². The average Bonchev–Trinajstić information content (AvgIpc) is 1.94. The van der Waals surface area contributed by atoms with E-state index in [1.807, 2.05) is 13.8 Å². The molecule has 12 heavy (non-hydrogen) atoms. The Labute approximate surface area is 71.0 Å². The number of amides is 1. The van der Waals surface area contributed by atoms with Gasteiger partial charge in [-0.3, -0.25) is 4.79 Å². The first-order chi connectivity index (χ1) is 5.43. The van der Waals surface area contributed by atoms with Crippen molar-refractivity contribution in [2.24, 2.45) is 5.41 Å². The highest BCUT2D eigenvalue weighted by Crippen LogP contribution is 2.30. The number of aliphatic carboxylic acids is 1. The normalized spacial score (nSPS) is 27.8. The molecule has 0 aromatic rings. The van der Waals surface area contributed by atoms with Gasteiger partial charge >= 0.3 is 5.97 Å². The fourth-order valence-electron chi connectivity index (χ4n) is 1.40. The second kappa shape index (κ2) is 2.77. The molecule has 68 valence electrons. The maximum Gasteiger partial charge on any atom is 0.326 e. The van der Waals surface area contributed by atoms with E-state index in [1.54, 1.807) is 0 Å². The molecule has 0 saturated carbocycles. The van der Waals surface area contributed by atoms with Crippen LogP contribution in [0.4, 0.5) is 0 Å². The Kier molecular flexibility index (Phi) is 2.08. The Hall–Kier alpha value is -1.06. The second-order valence-corrected chi connectivity index (χ2v) is 3.83. The number of nitrogens with one attached hydrogen (secondary N) is 1. The highest BCUT2D eigenvalue weighted by molar-refractivity contribution is 5.85. The number of carbonyl (C=O) groups is 2. The van der Waals surface area contributed by atoms with Gasteiger partial charge < -0.3 is 10.4 Å². The number of hydrogen-bond acceptors (Lipinski definition) is 2. The molecular formula is C8H13NO3. The van der Waals surface area contributed by atoms with Crippen molar-refractivity contribution in [1.29, 1.82) is 0 Å². The van der Waals surface area contributed by atoms with Crippen molar-refractivity contribution in [3.05, 3.63) is 0 Å². The molecule has 1 atom stereocenters. The SMILES string of the molecule is CC1(C)CCC(=O)NC1C(=O)O. The largest absolute Gasteiger partial charge is 0.480 e. The lowest BCUT2D eigenvalue weighted by molar-refractivity contribution is -0.147. The second-order valence-electron chi connectivity index (χ2n) is 3.83. The number of piperidine rings is 1. The van der Waals surface area contributed by atoms with Crippen molar-refractivity contribution < 1.29 is 14.7 Å². The van der Waals surface area contributed by atoms with Crippen molar-refractivity contribution in [2.75, 3.05) is 0 Å². The van der Waals surface area contributed by atoms with E-state index in [-0.39, 0.29) is 11.3 Å². The van der Waals surface area contributed by atoms with Crippen LogP contribution in [0.25, 0.3) is 0 Å². The number of carboxylic acids is 1. The third-order valence-electron chi connectivity index (χ3n) is 2.33. The highest BCUT2D eigenvalue weighted by Gasteiger charge is 2.39. The standard InChI is InChI=1S/C8H13NO3/c1-8(2)4-3-5(10)9-6(8)7(11)12/h6H,3-4H2,1-2H3,(H,9,10)(H,11,12). The first-order valence-electron chi connectivity index (χ1n) is 3.95. The van der Waals surface area contributed by atoms with Crippen LogP contribution in [0.5, 0.6) is 0 Å². The quantitative estimate of drug-likeness (QED) is 0.599. The Morgan fingerprint density at radius 2 is 2.25 bits per heavy atom. The van der Waals surface area contributed by atoms with E-state index >= 15 is 0 Å². The Morgan fingerprint density at radius 1 is 1.67 bits per heavy atom. The van der Waals surface area contributed by atoms with Gasteiger partial charge in [-0.25, -0.2) is 4.79 Å². The number of carbonyl (C=O) groups excluding carboxylic acids is 1. The van der Waals surface area contributed by atoms with Gasteiger partial charge in [0, 0.05) is 6.42 Å². The zero-order chi connectivity index (χ0) is 9.35. The summed E-state index contributed by atoms with van der Waals surface area (Å²) in [6.45, 7) is 3.70. The van der Waals surface area contributed by atoms with Crippen LogP contribution >= 0.6 is 0 Å². The summed E-state index contributed by atoms with van der Waals surface area (Å²) in [6, 6.07) is -0.737. The molecule has 1 aliphatic heterocycles. The fourth-order valence-corrected chi connectivity index (χ4v) is 1.40. The smallest absolute Gasteiger partial charge is 0.326 e. The molecule has 0 bridgehead atoms. The van der Waals surface area contributed by atoms with Gasteiger partial charge in [0.1, 0.15) is 6.04 Å². The third kappa shape index (κ3) is 1.57. The number of rotatable bonds is 1. The molecule has 0 aliphatic carbocycles. The van der Waals surface area contributed by atoms with Crippen LogP contribution in [0.15, 0.2) is 0 Å². The van der Waals surface area contributed by atoms with Gasteiger partial charge in [0.15, 0.2) is 0 Å². The zero-order valence-electron chi connectivity index (χ0n) is 7.26. The predicted molar refractivity (Wildman–Crippen MR) is 42.6 cm³/mol. The van der Waals surface area contributed by atoms with E-state index in [2.05, 4.69) is 5.32 Å². The molecule has 1 unspecified atom stereocenters. The summed E-state index contributed by atoms with van der Waals surface area (Å²) in [6.07, 6.45) is 1.06. The van der Waals surface area contributed by atoms with Gasteiger partial charge in [-0.15, -0.1) is 0 Å². The molecule has 1 aliphatic rings. The molecule has 1 rings (SSSR count). The van der Waals surface area contributed by atoms with Crippen LogP contribution in [-0.4, -0.2) is 23.0 Å². The van der Waals surface area contributed by atoms with Gasteiger partial charge in [-0.05, 0) is 11.8 Å². The van der Waals surface area contributed by atoms with Gasteiger partial charge in [0.25, 0.3) is 0 Å². The monoisotopic (exact) mass is 171 g/mol. The topological polar surface area (TPSA) is 66.4 Å². The molecule has 1 amide bonds. The van der Waals surface area contributed by atoms with Crippen LogP contribution in [0.3, 0.4) is 0 Å². The number of carboxylic acid groups (broad SMARTS) is 1. The van der Waals surface area contributed by atoms with Crippen molar-refractivity contribution >= 4 is 11.9 Å². The van der Waals surface area contributed by atoms with Crippen molar-refractivity contribution in [3.8, 4) is 0 Å². The van der Waals surface area contributed by atoms with Gasteiger partial charge in [0.2, 0.25) is 5.91 Å². The summed E-state index contributed by atoms with van der Waals surface area (Å²) < 4.78 is 0. The maximum absolute atomic E-state index is 10.9. The molecular weight excluding hydrogens is 158 g/mol.